The number of nitrogens with one attached hydrogen (secondary N) is 1. The highest BCUT2D eigenvalue weighted by atomic mass is 16.4. The van der Waals surface area contributed by atoms with Crippen molar-refractivity contribution in [2.45, 2.75) is 26.3 Å². The SMILES string of the molecule is CC(C)N1CCC(CNc2ccc(C(=O)O)cn2)C1. The lowest BCUT2D eigenvalue weighted by Crippen LogP contribution is -2.29. The average Bonchev–Trinajstić information content (AvgIpc) is 2.86. The first-order chi connectivity index (χ1) is 9.06. The molecule has 0 aromatic carbocycles. The molecule has 0 radical (unpaired) electrons. The van der Waals surface area contributed by atoms with E-state index in [1.54, 1.807) is 12.1 Å². The van der Waals surface area contributed by atoms with Crippen molar-refractivity contribution in [2.24, 2.45) is 5.92 Å². The molecule has 2 N–H and O–H groups in total. The number of nitrogens with zero attached hydrogens (tertiary/aromatic N) is 2. The van der Waals surface area contributed by atoms with Gasteiger partial charge in [-0.1, -0.05) is 0 Å². The third-order valence-corrected chi connectivity index (χ3v) is 3.63. The summed E-state index contributed by atoms with van der Waals surface area (Å²) in [6.45, 7) is 7.62. The van der Waals surface area contributed by atoms with Gasteiger partial charge in [-0.05, 0) is 44.9 Å². The molecule has 1 unspecified atom stereocenters. The quantitative estimate of drug-likeness (QED) is 0.849. The standard InChI is InChI=1S/C14H21N3O2/c1-10(2)17-6-5-11(9-17)7-15-13-4-3-12(8-16-13)14(18)19/h3-4,8,10-11H,5-7,9H2,1-2H3,(H,15,16)(H,18,19). The molecule has 5 heteroatoms. The smallest absolute Gasteiger partial charge is 0.337 e. The van der Waals surface area contributed by atoms with Crippen LogP contribution in [0.3, 0.4) is 0 Å². The summed E-state index contributed by atoms with van der Waals surface area (Å²) in [5.74, 6) is 0.443. The summed E-state index contributed by atoms with van der Waals surface area (Å²) in [6, 6.07) is 3.91. The van der Waals surface area contributed by atoms with Crippen molar-refractivity contribution in [3.05, 3.63) is 23.9 Å². The van der Waals surface area contributed by atoms with Crippen molar-refractivity contribution < 1.29 is 9.90 Å². The predicted octanol–water partition coefficient (Wildman–Crippen LogP) is 1.92. The van der Waals surface area contributed by atoms with Gasteiger partial charge >= 0.3 is 5.97 Å². The molecule has 1 atom stereocenters. The molecule has 1 aromatic heterocycles. The van der Waals surface area contributed by atoms with E-state index in [1.807, 2.05) is 0 Å². The minimum Gasteiger partial charge on any atom is -0.478 e. The van der Waals surface area contributed by atoms with Gasteiger partial charge in [0.2, 0.25) is 0 Å². The first-order valence-electron chi connectivity index (χ1n) is 6.73. The summed E-state index contributed by atoms with van der Waals surface area (Å²) >= 11 is 0. The van der Waals surface area contributed by atoms with Gasteiger partial charge in [-0.2, -0.15) is 0 Å². The highest BCUT2D eigenvalue weighted by molar-refractivity contribution is 5.87. The predicted molar refractivity (Wildman–Crippen MR) is 74.5 cm³/mol. The molecule has 19 heavy (non-hydrogen) atoms. The zero-order chi connectivity index (χ0) is 13.8. The van der Waals surface area contributed by atoms with Gasteiger partial charge < -0.3 is 15.3 Å². The molecule has 1 aromatic rings. The highest BCUT2D eigenvalue weighted by Gasteiger charge is 2.23. The minimum absolute atomic E-state index is 0.220. The van der Waals surface area contributed by atoms with E-state index in [-0.39, 0.29) is 5.56 Å². The molecule has 0 bridgehead atoms. The normalized spacial score (nSPS) is 19.8. The molecule has 2 heterocycles. The summed E-state index contributed by atoms with van der Waals surface area (Å²) in [5, 5.41) is 12.1. The van der Waals surface area contributed by atoms with Gasteiger partial charge in [0.1, 0.15) is 5.82 Å². The third-order valence-electron chi connectivity index (χ3n) is 3.63. The van der Waals surface area contributed by atoms with Crippen LogP contribution in [-0.2, 0) is 0 Å². The number of aromatic carboxylic acids is 1. The topological polar surface area (TPSA) is 65.5 Å². The van der Waals surface area contributed by atoms with Gasteiger partial charge in [0, 0.05) is 25.3 Å². The average molecular weight is 263 g/mol. The van der Waals surface area contributed by atoms with Gasteiger partial charge in [0.15, 0.2) is 0 Å². The number of carbonyl (C=O) groups is 1. The molecular formula is C14H21N3O2. The van der Waals surface area contributed by atoms with E-state index >= 15 is 0 Å². The van der Waals surface area contributed by atoms with Crippen LogP contribution in [0.2, 0.25) is 0 Å². The van der Waals surface area contributed by atoms with Crippen LogP contribution >= 0.6 is 0 Å². The number of hydrogen-bond donors (Lipinski definition) is 2. The molecule has 0 spiro atoms. The number of aromatic nitrogens is 1. The molecule has 0 amide bonds. The second-order valence-corrected chi connectivity index (χ2v) is 5.36. The first-order valence-corrected chi connectivity index (χ1v) is 6.73. The van der Waals surface area contributed by atoms with Gasteiger partial charge in [-0.25, -0.2) is 9.78 Å². The van der Waals surface area contributed by atoms with Crippen LogP contribution in [0.5, 0.6) is 0 Å². The number of likely N-dealkylation sites (tertiary alicyclic amines) is 1. The second kappa shape index (κ2) is 6.02. The Morgan fingerprint density at radius 2 is 2.37 bits per heavy atom. The van der Waals surface area contributed by atoms with Crippen LogP contribution in [0.15, 0.2) is 18.3 Å². The largest absolute Gasteiger partial charge is 0.478 e. The number of hydrogen-bond acceptors (Lipinski definition) is 4. The van der Waals surface area contributed by atoms with E-state index < -0.39 is 5.97 Å². The van der Waals surface area contributed by atoms with E-state index in [9.17, 15) is 4.79 Å². The van der Waals surface area contributed by atoms with Gasteiger partial charge in [-0.3, -0.25) is 0 Å². The Balaban J connectivity index is 1.81. The van der Waals surface area contributed by atoms with Crippen LogP contribution in [0.1, 0.15) is 30.6 Å². The summed E-state index contributed by atoms with van der Waals surface area (Å²) < 4.78 is 0. The monoisotopic (exact) mass is 263 g/mol. The maximum absolute atomic E-state index is 10.7. The Kier molecular flexibility index (Phi) is 4.37. The fraction of sp³-hybridized carbons (Fsp3) is 0.571. The Labute approximate surface area is 113 Å². The van der Waals surface area contributed by atoms with Crippen molar-refractivity contribution >= 4 is 11.8 Å². The molecule has 1 saturated heterocycles. The number of carboxylic acids is 1. The van der Waals surface area contributed by atoms with E-state index in [2.05, 4.69) is 29.0 Å². The van der Waals surface area contributed by atoms with Crippen LogP contribution < -0.4 is 5.32 Å². The molecule has 0 aliphatic carbocycles. The molecule has 5 nitrogen and oxygen atoms in total. The summed E-state index contributed by atoms with van der Waals surface area (Å²) in [7, 11) is 0. The van der Waals surface area contributed by atoms with E-state index in [0.717, 1.165) is 25.5 Å². The number of pyridine rings is 1. The van der Waals surface area contributed by atoms with Crippen molar-refractivity contribution in [3.63, 3.8) is 0 Å². The lowest BCUT2D eigenvalue weighted by atomic mass is 10.1. The summed E-state index contributed by atoms with van der Waals surface area (Å²) in [6.07, 6.45) is 2.60. The zero-order valence-electron chi connectivity index (χ0n) is 11.5. The first kappa shape index (κ1) is 13.8. The third kappa shape index (κ3) is 3.67. The number of rotatable bonds is 5. The maximum Gasteiger partial charge on any atom is 0.337 e. The van der Waals surface area contributed by atoms with E-state index in [4.69, 9.17) is 5.11 Å². The van der Waals surface area contributed by atoms with Crippen molar-refractivity contribution in [1.82, 2.24) is 9.88 Å². The maximum atomic E-state index is 10.7. The minimum atomic E-state index is -0.942. The summed E-state index contributed by atoms with van der Waals surface area (Å²) in [5.41, 5.74) is 0.220. The molecule has 1 fully saturated rings. The molecule has 0 saturated carbocycles. The van der Waals surface area contributed by atoms with E-state index in [0.29, 0.717) is 12.0 Å². The van der Waals surface area contributed by atoms with Crippen molar-refractivity contribution in [2.75, 3.05) is 25.0 Å². The second-order valence-electron chi connectivity index (χ2n) is 5.36. The number of anilines is 1. The highest BCUT2D eigenvalue weighted by Crippen LogP contribution is 2.18. The lowest BCUT2D eigenvalue weighted by Gasteiger charge is -2.20. The summed E-state index contributed by atoms with van der Waals surface area (Å²) in [4.78, 5) is 17.3. The van der Waals surface area contributed by atoms with Crippen LogP contribution in [-0.4, -0.2) is 46.6 Å². The van der Waals surface area contributed by atoms with Gasteiger partial charge in [-0.15, -0.1) is 0 Å². The molecule has 1 aliphatic heterocycles. The van der Waals surface area contributed by atoms with E-state index in [1.165, 1.54) is 12.6 Å². The Morgan fingerprint density at radius 1 is 1.58 bits per heavy atom. The molecule has 104 valence electrons. The molecule has 2 rings (SSSR count). The molecular weight excluding hydrogens is 242 g/mol. The van der Waals surface area contributed by atoms with Crippen LogP contribution in [0.25, 0.3) is 0 Å². The fourth-order valence-electron chi connectivity index (χ4n) is 2.37. The Bertz CT molecular complexity index is 431. The zero-order valence-corrected chi connectivity index (χ0v) is 11.5. The lowest BCUT2D eigenvalue weighted by molar-refractivity contribution is 0.0696. The Morgan fingerprint density at radius 3 is 2.89 bits per heavy atom. The van der Waals surface area contributed by atoms with Crippen LogP contribution in [0, 0.1) is 5.92 Å². The van der Waals surface area contributed by atoms with Crippen molar-refractivity contribution in [1.29, 1.82) is 0 Å². The fourth-order valence-corrected chi connectivity index (χ4v) is 2.37. The molecule has 1 aliphatic rings. The van der Waals surface area contributed by atoms with Crippen LogP contribution in [0.4, 0.5) is 5.82 Å². The van der Waals surface area contributed by atoms with Crippen molar-refractivity contribution in [3.8, 4) is 0 Å². The number of carboxylic acid groups (broad SMARTS) is 1. The van der Waals surface area contributed by atoms with Gasteiger partial charge in [0.25, 0.3) is 0 Å². The van der Waals surface area contributed by atoms with Gasteiger partial charge in [0.05, 0.1) is 5.56 Å². The Hall–Kier alpha value is -1.62.